The van der Waals surface area contributed by atoms with Crippen LogP contribution >= 0.6 is 0 Å². The lowest BCUT2D eigenvalue weighted by Gasteiger charge is -2.10. The molecule has 0 amide bonds. The van der Waals surface area contributed by atoms with E-state index >= 15 is 0 Å². The van der Waals surface area contributed by atoms with E-state index in [2.05, 4.69) is 16.8 Å². The van der Waals surface area contributed by atoms with Gasteiger partial charge < -0.3 is 20.6 Å². The van der Waals surface area contributed by atoms with Crippen LogP contribution in [0.2, 0.25) is 0 Å². The quantitative estimate of drug-likeness (QED) is 0.141. The Hall–Kier alpha value is -3.75. The third-order valence-electron chi connectivity index (χ3n) is 3.25. The molecule has 7 N–H and O–H groups in total. The predicted molar refractivity (Wildman–Crippen MR) is 99.4 cm³/mol. The molecule has 2 rings (SSSR count). The molecule has 1 aromatic heterocycles. The molecule has 0 radical (unpaired) electrons. The summed E-state index contributed by atoms with van der Waals surface area (Å²) in [4.78, 5) is 25.2. The van der Waals surface area contributed by atoms with Crippen LogP contribution in [0.3, 0.4) is 0 Å². The number of H-pyrrole nitrogens is 1. The molecule has 1 heterocycles. The summed E-state index contributed by atoms with van der Waals surface area (Å²) in [6.45, 7) is 0. The Bertz CT molecular complexity index is 1170. The summed E-state index contributed by atoms with van der Waals surface area (Å²) in [6.07, 6.45) is 1.08. The highest BCUT2D eigenvalue weighted by atomic mass is 32.2. The van der Waals surface area contributed by atoms with Crippen molar-refractivity contribution in [2.75, 3.05) is 6.26 Å². The van der Waals surface area contributed by atoms with E-state index in [1.165, 1.54) is 18.2 Å². The molecule has 11 heteroatoms. The molecule has 1 aromatic carbocycles. The first-order chi connectivity index (χ1) is 13.1. The summed E-state index contributed by atoms with van der Waals surface area (Å²) in [5.41, 5.74) is 6.61. The number of carbonyl (C=O) groups is 1. The summed E-state index contributed by atoms with van der Waals surface area (Å²) < 4.78 is 28.4. The Balaban J connectivity index is 2.38. The molecule has 0 spiro atoms. The minimum absolute atomic E-state index is 0.0601. The van der Waals surface area contributed by atoms with E-state index in [1.54, 1.807) is 12.1 Å². The number of hydrazine groups is 1. The first-order valence-electron chi connectivity index (χ1n) is 7.54. The van der Waals surface area contributed by atoms with E-state index in [1.807, 2.05) is 5.43 Å². The van der Waals surface area contributed by atoms with Crippen molar-refractivity contribution in [2.45, 2.75) is 4.90 Å². The molecule has 0 unspecified atom stereocenters. The van der Waals surface area contributed by atoms with Crippen molar-refractivity contribution in [3.05, 3.63) is 69.6 Å². The smallest absolute Gasteiger partial charge is 0.357 e. The zero-order valence-electron chi connectivity index (χ0n) is 14.5. The number of nitrogens with one attached hydrogen (secondary N) is 2. The van der Waals surface area contributed by atoms with Gasteiger partial charge in [0.2, 0.25) is 5.88 Å². The number of carboxylic acid groups (broad SMARTS) is 1. The number of benzene rings is 1. The maximum Gasteiger partial charge on any atom is 0.357 e. The van der Waals surface area contributed by atoms with E-state index in [4.69, 9.17) is 21.4 Å². The van der Waals surface area contributed by atoms with Crippen molar-refractivity contribution < 1.29 is 23.1 Å². The number of rotatable bonds is 5. The SMILES string of the molecule is CS(=O)(=O)c1cccc(C#Cc2cc(O/C(NN)=C(/N)C(=O)O)cc(=O)[nH]2)c1. The van der Waals surface area contributed by atoms with Crippen LogP contribution in [0.4, 0.5) is 0 Å². The highest BCUT2D eigenvalue weighted by Gasteiger charge is 2.13. The molecule has 0 saturated carbocycles. The van der Waals surface area contributed by atoms with Crippen LogP contribution in [0, 0.1) is 11.8 Å². The first-order valence-corrected chi connectivity index (χ1v) is 9.43. The predicted octanol–water partition coefficient (Wildman–Crippen LogP) is -0.767. The van der Waals surface area contributed by atoms with E-state index in [0.717, 1.165) is 12.3 Å². The Labute approximate surface area is 159 Å². The molecule has 0 aliphatic rings. The Morgan fingerprint density at radius 1 is 1.25 bits per heavy atom. The fraction of sp³-hybridized carbons (Fsp3) is 0.0588. The Morgan fingerprint density at radius 3 is 2.57 bits per heavy atom. The lowest BCUT2D eigenvalue weighted by molar-refractivity contribution is -0.132. The molecule has 28 heavy (non-hydrogen) atoms. The number of hydrogen-bond acceptors (Lipinski definition) is 8. The van der Waals surface area contributed by atoms with Crippen molar-refractivity contribution in [1.82, 2.24) is 10.4 Å². The van der Waals surface area contributed by atoms with Gasteiger partial charge in [-0.05, 0) is 24.1 Å². The lowest BCUT2D eigenvalue weighted by atomic mass is 10.2. The molecule has 0 saturated heterocycles. The van der Waals surface area contributed by atoms with Gasteiger partial charge in [0.1, 0.15) is 5.75 Å². The second-order valence-corrected chi connectivity index (χ2v) is 7.45. The number of nitrogens with two attached hydrogens (primary N) is 2. The number of aromatic nitrogens is 1. The number of sulfone groups is 1. The molecule has 0 atom stereocenters. The van der Waals surface area contributed by atoms with E-state index in [9.17, 15) is 18.0 Å². The summed E-state index contributed by atoms with van der Waals surface area (Å²) in [5.74, 6) is 8.58. The zero-order chi connectivity index (χ0) is 20.9. The van der Waals surface area contributed by atoms with Crippen LogP contribution in [0.15, 0.2) is 57.7 Å². The summed E-state index contributed by atoms with van der Waals surface area (Å²) in [7, 11) is -3.38. The van der Waals surface area contributed by atoms with Crippen molar-refractivity contribution in [2.24, 2.45) is 11.6 Å². The first kappa shape index (κ1) is 20.6. The van der Waals surface area contributed by atoms with E-state index < -0.39 is 32.9 Å². The molecular formula is C17H16N4O6S. The van der Waals surface area contributed by atoms with Crippen molar-refractivity contribution >= 4 is 15.8 Å². The molecule has 0 aliphatic heterocycles. The minimum atomic E-state index is -3.38. The molecule has 0 aliphatic carbocycles. The van der Waals surface area contributed by atoms with Crippen molar-refractivity contribution in [3.8, 4) is 17.6 Å². The van der Waals surface area contributed by atoms with Gasteiger partial charge in [-0.1, -0.05) is 12.0 Å². The molecule has 2 aromatic rings. The molecular weight excluding hydrogens is 388 g/mol. The number of aromatic amines is 1. The van der Waals surface area contributed by atoms with Crippen LogP contribution < -0.4 is 27.3 Å². The molecule has 0 bridgehead atoms. The molecule has 0 fully saturated rings. The lowest BCUT2D eigenvalue weighted by Crippen LogP contribution is -2.31. The number of aliphatic carboxylic acids is 1. The van der Waals surface area contributed by atoms with Gasteiger partial charge in [-0.15, -0.1) is 0 Å². The van der Waals surface area contributed by atoms with E-state index in [-0.39, 0.29) is 16.3 Å². The zero-order valence-corrected chi connectivity index (χ0v) is 15.3. The number of pyridine rings is 1. The normalized spacial score (nSPS) is 11.6. The third-order valence-corrected chi connectivity index (χ3v) is 4.36. The van der Waals surface area contributed by atoms with Gasteiger partial charge in [0.25, 0.3) is 5.56 Å². The second kappa shape index (κ2) is 8.30. The van der Waals surface area contributed by atoms with Crippen LogP contribution in [-0.4, -0.2) is 30.7 Å². The average Bonchev–Trinajstić information content (AvgIpc) is 2.63. The standard InChI is InChI=1S/C17H16N4O6S/c1-28(25,26)13-4-2-3-10(7-13)5-6-11-8-12(9-14(22)20-11)27-16(21-19)15(18)17(23)24/h2-4,7-9,21H,18-19H2,1H3,(H,20,22)(H,23,24)/b16-15+. The maximum atomic E-state index is 11.8. The molecule has 10 nitrogen and oxygen atoms in total. The maximum absolute atomic E-state index is 11.8. The van der Waals surface area contributed by atoms with Crippen LogP contribution in [-0.2, 0) is 14.6 Å². The Kier molecular flexibility index (Phi) is 6.09. The Morgan fingerprint density at radius 2 is 1.96 bits per heavy atom. The second-order valence-electron chi connectivity index (χ2n) is 5.44. The number of hydrogen-bond donors (Lipinski definition) is 5. The average molecular weight is 404 g/mol. The van der Waals surface area contributed by atoms with Crippen molar-refractivity contribution in [1.29, 1.82) is 0 Å². The van der Waals surface area contributed by atoms with Crippen LogP contribution in [0.25, 0.3) is 0 Å². The highest BCUT2D eigenvalue weighted by molar-refractivity contribution is 7.90. The van der Waals surface area contributed by atoms with Gasteiger partial charge in [-0.25, -0.2) is 19.1 Å². The summed E-state index contributed by atoms with van der Waals surface area (Å²) in [5, 5.41) is 8.87. The van der Waals surface area contributed by atoms with Gasteiger partial charge in [0.05, 0.1) is 10.6 Å². The van der Waals surface area contributed by atoms with Gasteiger partial charge in [-0.3, -0.25) is 10.2 Å². The van der Waals surface area contributed by atoms with Crippen LogP contribution in [0.5, 0.6) is 5.75 Å². The monoisotopic (exact) mass is 404 g/mol. The van der Waals surface area contributed by atoms with Crippen LogP contribution in [0.1, 0.15) is 11.3 Å². The summed E-state index contributed by atoms with van der Waals surface area (Å²) >= 11 is 0. The van der Waals surface area contributed by atoms with Gasteiger partial charge in [0.15, 0.2) is 15.5 Å². The number of carboxylic acids is 1. The molecule has 146 valence electrons. The minimum Gasteiger partial charge on any atom is -0.476 e. The highest BCUT2D eigenvalue weighted by Crippen LogP contribution is 2.13. The fourth-order valence-corrected chi connectivity index (χ4v) is 2.63. The number of ether oxygens (including phenoxy) is 1. The fourth-order valence-electron chi connectivity index (χ4n) is 1.97. The third kappa shape index (κ3) is 5.37. The summed E-state index contributed by atoms with van der Waals surface area (Å²) in [6, 6.07) is 8.35. The topological polar surface area (TPSA) is 178 Å². The largest absolute Gasteiger partial charge is 0.476 e. The van der Waals surface area contributed by atoms with Gasteiger partial charge in [-0.2, -0.15) is 0 Å². The van der Waals surface area contributed by atoms with Gasteiger partial charge in [0, 0.05) is 24.0 Å². The van der Waals surface area contributed by atoms with E-state index in [0.29, 0.717) is 5.56 Å². The van der Waals surface area contributed by atoms with Gasteiger partial charge >= 0.3 is 5.97 Å². The van der Waals surface area contributed by atoms with Crippen molar-refractivity contribution in [3.63, 3.8) is 0 Å².